The van der Waals surface area contributed by atoms with Gasteiger partial charge in [-0.15, -0.1) is 0 Å². The SMILES string of the molecule is Cc1[nH]c2ccc(F)c(N3CCC4CCNC4C3)c2c1C. The van der Waals surface area contributed by atoms with Crippen LogP contribution in [0.2, 0.25) is 0 Å². The number of nitrogens with one attached hydrogen (secondary N) is 2. The van der Waals surface area contributed by atoms with E-state index in [4.69, 9.17) is 0 Å². The van der Waals surface area contributed by atoms with Crippen LogP contribution < -0.4 is 10.2 Å². The highest BCUT2D eigenvalue weighted by Crippen LogP contribution is 2.37. The van der Waals surface area contributed by atoms with E-state index in [0.29, 0.717) is 6.04 Å². The van der Waals surface area contributed by atoms with E-state index < -0.39 is 0 Å². The van der Waals surface area contributed by atoms with Gasteiger partial charge in [0, 0.05) is 35.7 Å². The summed E-state index contributed by atoms with van der Waals surface area (Å²) in [4.78, 5) is 5.62. The molecule has 2 N–H and O–H groups in total. The molecule has 4 heteroatoms. The van der Waals surface area contributed by atoms with Crippen LogP contribution in [0.4, 0.5) is 10.1 Å². The molecule has 0 radical (unpaired) electrons. The van der Waals surface area contributed by atoms with Crippen LogP contribution in [-0.4, -0.2) is 30.7 Å². The van der Waals surface area contributed by atoms with E-state index in [0.717, 1.165) is 54.3 Å². The molecule has 0 amide bonds. The maximum absolute atomic E-state index is 14.6. The normalized spacial score (nSPS) is 25.6. The number of piperidine rings is 1. The first-order valence-electron chi connectivity index (χ1n) is 7.91. The first-order valence-corrected chi connectivity index (χ1v) is 7.91. The molecule has 1 aromatic carbocycles. The van der Waals surface area contributed by atoms with Gasteiger partial charge in [-0.3, -0.25) is 0 Å². The van der Waals surface area contributed by atoms with E-state index in [-0.39, 0.29) is 5.82 Å². The van der Waals surface area contributed by atoms with Crippen LogP contribution in [0.15, 0.2) is 12.1 Å². The molecule has 0 bridgehead atoms. The van der Waals surface area contributed by atoms with Crippen molar-refractivity contribution in [1.29, 1.82) is 0 Å². The average molecular weight is 287 g/mol. The monoisotopic (exact) mass is 287 g/mol. The van der Waals surface area contributed by atoms with Crippen molar-refractivity contribution in [2.75, 3.05) is 24.5 Å². The number of halogens is 1. The molecule has 0 aliphatic carbocycles. The molecule has 2 unspecified atom stereocenters. The summed E-state index contributed by atoms with van der Waals surface area (Å²) in [6.45, 7) is 7.13. The zero-order chi connectivity index (χ0) is 14.6. The van der Waals surface area contributed by atoms with Gasteiger partial charge in [0.15, 0.2) is 0 Å². The molecule has 4 rings (SSSR count). The zero-order valence-corrected chi connectivity index (χ0v) is 12.7. The number of aromatic amines is 1. The number of fused-ring (bicyclic) bond motifs is 2. The highest BCUT2D eigenvalue weighted by Gasteiger charge is 2.34. The van der Waals surface area contributed by atoms with Gasteiger partial charge in [-0.05, 0) is 56.8 Å². The largest absolute Gasteiger partial charge is 0.367 e. The van der Waals surface area contributed by atoms with Crippen molar-refractivity contribution >= 4 is 16.6 Å². The Balaban J connectivity index is 1.80. The van der Waals surface area contributed by atoms with Gasteiger partial charge in [-0.1, -0.05) is 0 Å². The number of hydrogen-bond donors (Lipinski definition) is 2. The predicted octanol–water partition coefficient (Wildman–Crippen LogP) is 3.11. The smallest absolute Gasteiger partial charge is 0.147 e. The fourth-order valence-electron chi connectivity index (χ4n) is 4.08. The summed E-state index contributed by atoms with van der Waals surface area (Å²) in [6.07, 6.45) is 2.43. The maximum atomic E-state index is 14.6. The first-order chi connectivity index (χ1) is 10.1. The molecule has 2 aliphatic heterocycles. The van der Waals surface area contributed by atoms with Gasteiger partial charge in [0.05, 0.1) is 5.69 Å². The molecule has 2 aromatic rings. The highest BCUT2D eigenvalue weighted by atomic mass is 19.1. The molecule has 3 nitrogen and oxygen atoms in total. The summed E-state index contributed by atoms with van der Waals surface area (Å²) >= 11 is 0. The number of anilines is 1. The minimum Gasteiger partial charge on any atom is -0.367 e. The van der Waals surface area contributed by atoms with Crippen molar-refractivity contribution in [3.8, 4) is 0 Å². The standard InChI is InChI=1S/C17H22FN3/c1-10-11(2)20-14-4-3-13(18)17(16(10)14)21-8-6-12-5-7-19-15(12)9-21/h3-4,12,15,19-20H,5-9H2,1-2H3. The molecule has 2 fully saturated rings. The fourth-order valence-corrected chi connectivity index (χ4v) is 4.08. The number of rotatable bonds is 1. The Morgan fingerprint density at radius 1 is 1.24 bits per heavy atom. The van der Waals surface area contributed by atoms with Gasteiger partial charge in [0.2, 0.25) is 0 Å². The Kier molecular flexibility index (Phi) is 2.96. The molecule has 2 aliphatic rings. The summed E-state index contributed by atoms with van der Waals surface area (Å²) in [5.41, 5.74) is 4.14. The van der Waals surface area contributed by atoms with Crippen LogP contribution in [0.25, 0.3) is 10.9 Å². The average Bonchev–Trinajstić information content (AvgIpc) is 3.05. The van der Waals surface area contributed by atoms with E-state index in [1.54, 1.807) is 6.07 Å². The number of benzene rings is 1. The lowest BCUT2D eigenvalue weighted by molar-refractivity contribution is 0.372. The molecule has 2 saturated heterocycles. The third-order valence-corrected chi connectivity index (χ3v) is 5.38. The maximum Gasteiger partial charge on any atom is 0.147 e. The number of hydrogen-bond acceptors (Lipinski definition) is 2. The second-order valence-corrected chi connectivity index (χ2v) is 6.54. The summed E-state index contributed by atoms with van der Waals surface area (Å²) in [6, 6.07) is 3.98. The van der Waals surface area contributed by atoms with E-state index in [9.17, 15) is 4.39 Å². The molecule has 0 saturated carbocycles. The van der Waals surface area contributed by atoms with Gasteiger partial charge in [0.25, 0.3) is 0 Å². The van der Waals surface area contributed by atoms with Gasteiger partial charge >= 0.3 is 0 Å². The summed E-state index contributed by atoms with van der Waals surface area (Å²) in [5, 5.41) is 4.63. The van der Waals surface area contributed by atoms with Gasteiger partial charge in [-0.25, -0.2) is 4.39 Å². The topological polar surface area (TPSA) is 31.1 Å². The number of aryl methyl sites for hydroxylation is 2. The van der Waals surface area contributed by atoms with Crippen molar-refractivity contribution in [2.24, 2.45) is 5.92 Å². The molecular weight excluding hydrogens is 265 g/mol. The second kappa shape index (κ2) is 4.73. The van der Waals surface area contributed by atoms with E-state index >= 15 is 0 Å². The van der Waals surface area contributed by atoms with Crippen LogP contribution in [0.3, 0.4) is 0 Å². The van der Waals surface area contributed by atoms with Crippen molar-refractivity contribution < 1.29 is 4.39 Å². The molecule has 3 heterocycles. The Hall–Kier alpha value is -1.55. The van der Waals surface area contributed by atoms with Crippen LogP contribution in [0, 0.1) is 25.6 Å². The lowest BCUT2D eigenvalue weighted by atomic mass is 9.92. The molecular formula is C17H22FN3. The molecule has 21 heavy (non-hydrogen) atoms. The van der Waals surface area contributed by atoms with Crippen LogP contribution >= 0.6 is 0 Å². The highest BCUT2D eigenvalue weighted by molar-refractivity contribution is 5.96. The van der Waals surface area contributed by atoms with Crippen LogP contribution in [0.5, 0.6) is 0 Å². The minimum atomic E-state index is -0.0963. The Morgan fingerprint density at radius 3 is 2.95 bits per heavy atom. The number of aromatic nitrogens is 1. The second-order valence-electron chi connectivity index (χ2n) is 6.54. The molecule has 2 atom stereocenters. The Bertz CT molecular complexity index is 691. The Morgan fingerprint density at radius 2 is 2.10 bits per heavy atom. The first kappa shape index (κ1) is 13.1. The quantitative estimate of drug-likeness (QED) is 0.844. The predicted molar refractivity (Wildman–Crippen MR) is 84.5 cm³/mol. The van der Waals surface area contributed by atoms with E-state index in [2.05, 4.69) is 29.0 Å². The fraction of sp³-hybridized carbons (Fsp3) is 0.529. The van der Waals surface area contributed by atoms with Crippen LogP contribution in [-0.2, 0) is 0 Å². The van der Waals surface area contributed by atoms with E-state index in [1.165, 1.54) is 12.0 Å². The third-order valence-electron chi connectivity index (χ3n) is 5.38. The van der Waals surface area contributed by atoms with Gasteiger partial charge in [0.1, 0.15) is 5.82 Å². The summed E-state index contributed by atoms with van der Waals surface area (Å²) in [7, 11) is 0. The van der Waals surface area contributed by atoms with Crippen LogP contribution in [0.1, 0.15) is 24.1 Å². The molecule has 0 spiro atoms. The lowest BCUT2D eigenvalue weighted by Crippen LogP contribution is -2.46. The van der Waals surface area contributed by atoms with Crippen molar-refractivity contribution in [2.45, 2.75) is 32.7 Å². The zero-order valence-electron chi connectivity index (χ0n) is 12.7. The minimum absolute atomic E-state index is 0.0963. The van der Waals surface area contributed by atoms with Gasteiger partial charge < -0.3 is 15.2 Å². The molecule has 1 aromatic heterocycles. The van der Waals surface area contributed by atoms with Crippen molar-refractivity contribution in [3.05, 3.63) is 29.2 Å². The lowest BCUT2D eigenvalue weighted by Gasteiger charge is -2.37. The summed E-state index contributed by atoms with van der Waals surface area (Å²) < 4.78 is 14.6. The van der Waals surface area contributed by atoms with Gasteiger partial charge in [-0.2, -0.15) is 0 Å². The Labute approximate surface area is 124 Å². The third kappa shape index (κ3) is 1.96. The van der Waals surface area contributed by atoms with Crippen molar-refractivity contribution in [1.82, 2.24) is 10.3 Å². The number of nitrogens with zero attached hydrogens (tertiary/aromatic N) is 1. The van der Waals surface area contributed by atoms with Crippen molar-refractivity contribution in [3.63, 3.8) is 0 Å². The number of H-pyrrole nitrogens is 1. The molecule has 112 valence electrons. The van der Waals surface area contributed by atoms with E-state index in [1.807, 2.05) is 6.07 Å². The summed E-state index contributed by atoms with van der Waals surface area (Å²) in [5.74, 6) is 0.679.